The highest BCUT2D eigenvalue weighted by molar-refractivity contribution is 6.32. The third-order valence-electron chi connectivity index (χ3n) is 5.40. The number of likely N-dealkylation sites (N-methyl/N-ethyl adjacent to an activating group) is 1. The minimum atomic E-state index is -0.296. The van der Waals surface area contributed by atoms with Gasteiger partial charge in [0, 0.05) is 44.3 Å². The van der Waals surface area contributed by atoms with E-state index in [1.54, 1.807) is 19.3 Å². The summed E-state index contributed by atoms with van der Waals surface area (Å²) in [6.07, 6.45) is 1.60. The van der Waals surface area contributed by atoms with Crippen LogP contribution in [0.2, 0.25) is 5.02 Å². The molecule has 10 heteroatoms. The molecule has 2 aromatic heterocycles. The second-order valence-corrected chi connectivity index (χ2v) is 8.33. The van der Waals surface area contributed by atoms with E-state index in [2.05, 4.69) is 32.1 Å². The highest BCUT2D eigenvalue weighted by atomic mass is 35.5. The Labute approximate surface area is 190 Å². The van der Waals surface area contributed by atoms with Crippen LogP contribution in [0.25, 0.3) is 10.9 Å². The summed E-state index contributed by atoms with van der Waals surface area (Å²) >= 11 is 6.36. The zero-order valence-corrected chi connectivity index (χ0v) is 19.0. The van der Waals surface area contributed by atoms with Crippen molar-refractivity contribution >= 4 is 45.7 Å². The van der Waals surface area contributed by atoms with Gasteiger partial charge in [0.05, 0.1) is 11.7 Å². The molecule has 3 heterocycles. The number of nitrogens with zero attached hydrogens (tertiary/aromatic N) is 5. The number of halogens is 1. The van der Waals surface area contributed by atoms with E-state index in [0.717, 1.165) is 42.8 Å². The smallest absolute Gasteiger partial charge is 0.293 e. The van der Waals surface area contributed by atoms with Crippen LogP contribution in [0.1, 0.15) is 6.92 Å². The number of Topliss-reactive ketones (excluding diaryl/α,β-unsaturated/α-hetero) is 1. The summed E-state index contributed by atoms with van der Waals surface area (Å²) in [5, 5.41) is 4.44. The molecule has 168 valence electrons. The molecule has 0 amide bonds. The van der Waals surface area contributed by atoms with Crippen molar-refractivity contribution in [2.75, 3.05) is 50.1 Å². The van der Waals surface area contributed by atoms with Crippen LogP contribution in [0, 0.1) is 0 Å². The number of piperazine rings is 1. The lowest BCUT2D eigenvalue weighted by Gasteiger charge is -2.32. The summed E-state index contributed by atoms with van der Waals surface area (Å²) < 4.78 is 6.90. The van der Waals surface area contributed by atoms with E-state index in [-0.39, 0.29) is 23.7 Å². The van der Waals surface area contributed by atoms with Gasteiger partial charge in [-0.3, -0.25) is 9.59 Å². The normalized spacial score (nSPS) is 14.6. The summed E-state index contributed by atoms with van der Waals surface area (Å²) in [5.74, 6) is 1.11. The molecule has 0 spiro atoms. The lowest BCUT2D eigenvalue weighted by Crippen LogP contribution is -2.45. The Morgan fingerprint density at radius 3 is 2.66 bits per heavy atom. The molecule has 1 aliphatic rings. The number of carbonyl (C=O) groups excluding carboxylic acids is 1. The molecule has 1 aliphatic heterocycles. The van der Waals surface area contributed by atoms with Crippen molar-refractivity contribution in [3.8, 4) is 5.75 Å². The van der Waals surface area contributed by atoms with Crippen LogP contribution < -0.4 is 20.5 Å². The van der Waals surface area contributed by atoms with Gasteiger partial charge in [-0.2, -0.15) is 4.98 Å². The van der Waals surface area contributed by atoms with Crippen molar-refractivity contribution in [3.63, 3.8) is 0 Å². The van der Waals surface area contributed by atoms with Crippen LogP contribution in [0.15, 0.2) is 35.3 Å². The average molecular weight is 457 g/mol. The molecule has 1 aromatic carbocycles. The van der Waals surface area contributed by atoms with Crippen LogP contribution in [0.5, 0.6) is 5.75 Å². The van der Waals surface area contributed by atoms with Gasteiger partial charge in [0.25, 0.3) is 5.56 Å². The van der Waals surface area contributed by atoms with Gasteiger partial charge in [-0.1, -0.05) is 11.6 Å². The Kier molecular flexibility index (Phi) is 6.29. The van der Waals surface area contributed by atoms with Gasteiger partial charge < -0.3 is 24.4 Å². The standard InChI is InChI=1S/C22H25ClN6O3/c1-14(30)13-32-19-11-15-10-16(4-5-18(15)28(3)21(19)31)25-20-17(23)12-24-22(26-20)29-8-6-27(2)7-9-29/h4-5,10-12H,6-9,13H2,1-3H3,(H,24,25,26). The third kappa shape index (κ3) is 4.68. The van der Waals surface area contributed by atoms with E-state index in [4.69, 9.17) is 16.3 Å². The SMILES string of the molecule is CC(=O)COc1cc2cc(Nc3nc(N4CCN(C)CC4)ncc3Cl)ccc2n(C)c1=O. The van der Waals surface area contributed by atoms with Gasteiger partial charge in [0.1, 0.15) is 11.6 Å². The Morgan fingerprint density at radius 1 is 1.19 bits per heavy atom. The Balaban J connectivity index is 1.62. The number of aromatic nitrogens is 3. The fraction of sp³-hybridized carbons (Fsp3) is 0.364. The van der Waals surface area contributed by atoms with Crippen molar-refractivity contribution in [3.05, 3.63) is 45.8 Å². The van der Waals surface area contributed by atoms with E-state index in [1.807, 2.05) is 18.2 Å². The van der Waals surface area contributed by atoms with E-state index in [1.165, 1.54) is 11.5 Å². The Hall–Kier alpha value is -3.17. The monoisotopic (exact) mass is 456 g/mol. The lowest BCUT2D eigenvalue weighted by atomic mass is 10.2. The third-order valence-corrected chi connectivity index (χ3v) is 5.68. The fourth-order valence-electron chi connectivity index (χ4n) is 3.55. The molecule has 0 bridgehead atoms. The van der Waals surface area contributed by atoms with Crippen molar-refractivity contribution in [1.82, 2.24) is 19.4 Å². The molecular weight excluding hydrogens is 432 g/mol. The molecule has 0 saturated carbocycles. The first-order valence-corrected chi connectivity index (χ1v) is 10.7. The number of pyridine rings is 1. The summed E-state index contributed by atoms with van der Waals surface area (Å²) in [7, 11) is 3.77. The lowest BCUT2D eigenvalue weighted by molar-refractivity contribution is -0.118. The van der Waals surface area contributed by atoms with Gasteiger partial charge in [-0.05, 0) is 38.2 Å². The van der Waals surface area contributed by atoms with Crippen LogP contribution in [0.4, 0.5) is 17.5 Å². The molecule has 9 nitrogen and oxygen atoms in total. The molecule has 4 rings (SSSR count). The minimum absolute atomic E-state index is 0.129. The minimum Gasteiger partial charge on any atom is -0.480 e. The predicted octanol–water partition coefficient (Wildman–Crippen LogP) is 2.45. The summed E-state index contributed by atoms with van der Waals surface area (Å²) in [6.45, 7) is 4.87. The van der Waals surface area contributed by atoms with E-state index >= 15 is 0 Å². The predicted molar refractivity (Wildman–Crippen MR) is 125 cm³/mol. The van der Waals surface area contributed by atoms with E-state index < -0.39 is 0 Å². The van der Waals surface area contributed by atoms with Crippen LogP contribution in [-0.4, -0.2) is 65.1 Å². The topological polar surface area (TPSA) is 92.6 Å². The largest absolute Gasteiger partial charge is 0.480 e. The number of anilines is 3. The van der Waals surface area contributed by atoms with Crippen LogP contribution in [-0.2, 0) is 11.8 Å². The first-order valence-electron chi connectivity index (χ1n) is 10.3. The van der Waals surface area contributed by atoms with Crippen molar-refractivity contribution in [2.24, 2.45) is 7.05 Å². The first-order chi connectivity index (χ1) is 15.3. The fourth-order valence-corrected chi connectivity index (χ4v) is 3.69. The van der Waals surface area contributed by atoms with Crippen molar-refractivity contribution in [1.29, 1.82) is 0 Å². The van der Waals surface area contributed by atoms with E-state index in [0.29, 0.717) is 16.8 Å². The molecule has 32 heavy (non-hydrogen) atoms. The molecule has 0 aliphatic carbocycles. The van der Waals surface area contributed by atoms with Gasteiger partial charge in [0.2, 0.25) is 5.95 Å². The summed E-state index contributed by atoms with van der Waals surface area (Å²) in [6, 6.07) is 7.21. The number of rotatable bonds is 6. The number of nitrogens with one attached hydrogen (secondary N) is 1. The maximum Gasteiger partial charge on any atom is 0.293 e. The highest BCUT2D eigenvalue weighted by Gasteiger charge is 2.18. The molecular formula is C22H25ClN6O3. The van der Waals surface area contributed by atoms with Crippen LogP contribution >= 0.6 is 11.6 Å². The summed E-state index contributed by atoms with van der Waals surface area (Å²) in [5.41, 5.74) is 1.19. The molecule has 0 unspecified atom stereocenters. The zero-order chi connectivity index (χ0) is 22.8. The number of carbonyl (C=O) groups is 1. The number of hydrogen-bond donors (Lipinski definition) is 1. The van der Waals surface area contributed by atoms with Crippen molar-refractivity contribution < 1.29 is 9.53 Å². The van der Waals surface area contributed by atoms with E-state index in [9.17, 15) is 9.59 Å². The summed E-state index contributed by atoms with van der Waals surface area (Å²) in [4.78, 5) is 37.2. The van der Waals surface area contributed by atoms with Gasteiger partial charge in [-0.15, -0.1) is 0 Å². The van der Waals surface area contributed by atoms with Gasteiger partial charge in [0.15, 0.2) is 17.4 Å². The number of fused-ring (bicyclic) bond motifs is 1. The molecule has 1 N–H and O–H groups in total. The Bertz CT molecular complexity index is 1220. The quantitative estimate of drug-likeness (QED) is 0.604. The second kappa shape index (κ2) is 9.13. The number of aryl methyl sites for hydroxylation is 1. The first kappa shape index (κ1) is 22.0. The highest BCUT2D eigenvalue weighted by Crippen LogP contribution is 2.27. The van der Waals surface area contributed by atoms with Crippen molar-refractivity contribution in [2.45, 2.75) is 6.92 Å². The molecule has 0 radical (unpaired) electrons. The molecule has 1 saturated heterocycles. The van der Waals surface area contributed by atoms with Crippen LogP contribution in [0.3, 0.4) is 0 Å². The zero-order valence-electron chi connectivity index (χ0n) is 18.3. The Morgan fingerprint density at radius 2 is 1.94 bits per heavy atom. The number of ether oxygens (including phenoxy) is 1. The maximum atomic E-state index is 12.5. The number of benzene rings is 1. The van der Waals surface area contributed by atoms with Gasteiger partial charge in [-0.25, -0.2) is 4.98 Å². The number of hydrogen-bond acceptors (Lipinski definition) is 8. The van der Waals surface area contributed by atoms with Gasteiger partial charge >= 0.3 is 0 Å². The second-order valence-electron chi connectivity index (χ2n) is 7.92. The molecule has 0 atom stereocenters. The molecule has 1 fully saturated rings. The maximum absolute atomic E-state index is 12.5. The average Bonchev–Trinajstić information content (AvgIpc) is 2.77. The number of ketones is 1. The molecule has 3 aromatic rings.